The summed E-state index contributed by atoms with van der Waals surface area (Å²) in [6.45, 7) is 5.52. The lowest BCUT2D eigenvalue weighted by atomic mass is 10.2. The Morgan fingerprint density at radius 1 is 1.19 bits per heavy atom. The molecule has 0 fully saturated rings. The van der Waals surface area contributed by atoms with Crippen LogP contribution in [0.1, 0.15) is 31.0 Å². The Morgan fingerprint density at radius 2 is 1.90 bits per heavy atom. The summed E-state index contributed by atoms with van der Waals surface area (Å²) >= 11 is 1.56. The topological polar surface area (TPSA) is 58.2 Å². The lowest BCUT2D eigenvalue weighted by Crippen LogP contribution is -2.26. The molecule has 0 saturated heterocycles. The molecule has 114 valence electrons. The summed E-state index contributed by atoms with van der Waals surface area (Å²) in [4.78, 5) is 0.296. The first-order valence-corrected chi connectivity index (χ1v) is 9.29. The van der Waals surface area contributed by atoms with E-state index in [9.17, 15) is 8.42 Å². The van der Waals surface area contributed by atoms with E-state index >= 15 is 0 Å². The Balaban J connectivity index is 2.08. The summed E-state index contributed by atoms with van der Waals surface area (Å²) in [6.07, 6.45) is 0. The standard InChI is InChI=1S/C15H20N2O2S2/c1-3-16-10-13-4-6-15(7-5-13)21(18,19)17-12(2)14-8-9-20-11-14/h4-9,11-12,16-17H,3,10H2,1-2H3. The highest BCUT2D eigenvalue weighted by atomic mass is 32.2. The van der Waals surface area contributed by atoms with Crippen LogP contribution in [0, 0.1) is 0 Å². The molecule has 0 aliphatic carbocycles. The number of rotatable bonds is 7. The van der Waals surface area contributed by atoms with E-state index < -0.39 is 10.0 Å². The van der Waals surface area contributed by atoms with Crippen molar-refractivity contribution in [2.45, 2.75) is 31.3 Å². The highest BCUT2D eigenvalue weighted by Crippen LogP contribution is 2.19. The van der Waals surface area contributed by atoms with E-state index in [-0.39, 0.29) is 6.04 Å². The highest BCUT2D eigenvalue weighted by Gasteiger charge is 2.18. The molecule has 0 spiro atoms. The maximum absolute atomic E-state index is 12.3. The third kappa shape index (κ3) is 4.38. The van der Waals surface area contributed by atoms with Gasteiger partial charge in [-0.15, -0.1) is 0 Å². The molecule has 4 nitrogen and oxygen atoms in total. The molecule has 0 radical (unpaired) electrons. The molecule has 2 N–H and O–H groups in total. The zero-order valence-corrected chi connectivity index (χ0v) is 13.8. The fourth-order valence-corrected chi connectivity index (χ4v) is 3.93. The van der Waals surface area contributed by atoms with Crippen molar-refractivity contribution in [3.8, 4) is 0 Å². The first kappa shape index (κ1) is 16.2. The van der Waals surface area contributed by atoms with Gasteiger partial charge in [0.25, 0.3) is 0 Å². The van der Waals surface area contributed by atoms with Crippen LogP contribution in [0.5, 0.6) is 0 Å². The Kier molecular flexibility index (Phi) is 5.52. The molecule has 0 saturated carbocycles. The first-order chi connectivity index (χ1) is 10.0. The third-order valence-electron chi connectivity index (χ3n) is 3.19. The first-order valence-electron chi connectivity index (χ1n) is 6.87. The molecule has 0 aliphatic heterocycles. The van der Waals surface area contributed by atoms with Crippen LogP contribution in [0.2, 0.25) is 0 Å². The summed E-state index contributed by atoms with van der Waals surface area (Å²) in [7, 11) is -3.49. The minimum atomic E-state index is -3.49. The van der Waals surface area contributed by atoms with Gasteiger partial charge < -0.3 is 5.32 Å². The van der Waals surface area contributed by atoms with E-state index in [1.165, 1.54) is 0 Å². The van der Waals surface area contributed by atoms with Gasteiger partial charge in [0.2, 0.25) is 10.0 Å². The van der Waals surface area contributed by atoms with Gasteiger partial charge in [-0.3, -0.25) is 0 Å². The van der Waals surface area contributed by atoms with Gasteiger partial charge in [-0.2, -0.15) is 11.3 Å². The zero-order valence-electron chi connectivity index (χ0n) is 12.2. The molecule has 1 heterocycles. The minimum absolute atomic E-state index is 0.234. The molecule has 0 bridgehead atoms. The monoisotopic (exact) mass is 324 g/mol. The molecular weight excluding hydrogens is 304 g/mol. The van der Waals surface area contributed by atoms with E-state index in [2.05, 4.69) is 10.0 Å². The molecule has 6 heteroatoms. The van der Waals surface area contributed by atoms with Crippen LogP contribution in [0.3, 0.4) is 0 Å². The van der Waals surface area contributed by atoms with Gasteiger partial charge in [-0.25, -0.2) is 13.1 Å². The number of benzene rings is 1. The third-order valence-corrected chi connectivity index (χ3v) is 5.45. The van der Waals surface area contributed by atoms with Crippen LogP contribution in [-0.4, -0.2) is 15.0 Å². The summed E-state index contributed by atoms with van der Waals surface area (Å²) in [5.74, 6) is 0. The average molecular weight is 324 g/mol. The van der Waals surface area contributed by atoms with Crippen LogP contribution < -0.4 is 10.0 Å². The highest BCUT2D eigenvalue weighted by molar-refractivity contribution is 7.89. The predicted molar refractivity (Wildman–Crippen MR) is 86.9 cm³/mol. The van der Waals surface area contributed by atoms with Gasteiger partial charge in [0.15, 0.2) is 0 Å². The SMILES string of the molecule is CCNCc1ccc(S(=O)(=O)NC(C)c2ccsc2)cc1. The van der Waals surface area contributed by atoms with E-state index in [1.807, 2.05) is 42.8 Å². The number of hydrogen-bond acceptors (Lipinski definition) is 4. The number of nitrogens with one attached hydrogen (secondary N) is 2. The Morgan fingerprint density at radius 3 is 2.48 bits per heavy atom. The van der Waals surface area contributed by atoms with Crippen LogP contribution in [0.15, 0.2) is 46.0 Å². The Bertz CT molecular complexity index is 649. The minimum Gasteiger partial charge on any atom is -0.313 e. The quantitative estimate of drug-likeness (QED) is 0.823. The average Bonchev–Trinajstić information content (AvgIpc) is 2.99. The molecule has 2 aromatic rings. The second-order valence-corrected chi connectivity index (χ2v) is 7.32. The van der Waals surface area contributed by atoms with Crippen LogP contribution in [0.25, 0.3) is 0 Å². The second kappa shape index (κ2) is 7.17. The Labute approximate surface area is 130 Å². The summed E-state index contributed by atoms with van der Waals surface area (Å²) in [5.41, 5.74) is 2.05. The van der Waals surface area contributed by atoms with Crippen LogP contribution in [-0.2, 0) is 16.6 Å². The van der Waals surface area contributed by atoms with E-state index in [1.54, 1.807) is 23.5 Å². The van der Waals surface area contributed by atoms with Crippen molar-refractivity contribution in [1.29, 1.82) is 0 Å². The van der Waals surface area contributed by atoms with Crippen molar-refractivity contribution < 1.29 is 8.42 Å². The van der Waals surface area contributed by atoms with Crippen molar-refractivity contribution in [2.75, 3.05) is 6.54 Å². The van der Waals surface area contributed by atoms with Crippen molar-refractivity contribution in [2.24, 2.45) is 0 Å². The molecule has 1 aromatic carbocycles. The van der Waals surface area contributed by atoms with Gasteiger partial charge >= 0.3 is 0 Å². The smallest absolute Gasteiger partial charge is 0.241 e. The van der Waals surface area contributed by atoms with Crippen LogP contribution in [0.4, 0.5) is 0 Å². The molecule has 0 aliphatic rings. The van der Waals surface area contributed by atoms with Crippen molar-refractivity contribution in [3.05, 3.63) is 52.2 Å². The molecule has 2 rings (SSSR count). The molecule has 0 amide bonds. The fourth-order valence-electron chi connectivity index (χ4n) is 1.95. The van der Waals surface area contributed by atoms with Crippen molar-refractivity contribution in [3.63, 3.8) is 0 Å². The van der Waals surface area contributed by atoms with E-state index in [0.717, 1.165) is 24.2 Å². The summed E-state index contributed by atoms with van der Waals surface area (Å²) < 4.78 is 27.4. The maximum Gasteiger partial charge on any atom is 0.241 e. The second-order valence-electron chi connectivity index (χ2n) is 4.82. The normalized spacial score (nSPS) is 13.2. The van der Waals surface area contributed by atoms with Crippen molar-refractivity contribution in [1.82, 2.24) is 10.0 Å². The Hall–Kier alpha value is -1.21. The fraction of sp³-hybridized carbons (Fsp3) is 0.333. The van der Waals surface area contributed by atoms with E-state index in [0.29, 0.717) is 4.90 Å². The lowest BCUT2D eigenvalue weighted by molar-refractivity contribution is 0.567. The molecule has 1 unspecified atom stereocenters. The summed E-state index contributed by atoms with van der Waals surface area (Å²) in [6, 6.07) is 8.67. The predicted octanol–water partition coefficient (Wildman–Crippen LogP) is 2.90. The number of hydrogen-bond donors (Lipinski definition) is 2. The largest absolute Gasteiger partial charge is 0.313 e. The maximum atomic E-state index is 12.3. The van der Waals surface area contributed by atoms with Gasteiger partial charge in [-0.1, -0.05) is 19.1 Å². The van der Waals surface area contributed by atoms with Gasteiger partial charge in [-0.05, 0) is 53.6 Å². The molecular formula is C15H20N2O2S2. The number of sulfonamides is 1. The molecule has 1 atom stereocenters. The van der Waals surface area contributed by atoms with Gasteiger partial charge in [0.1, 0.15) is 0 Å². The molecule has 1 aromatic heterocycles. The molecule has 21 heavy (non-hydrogen) atoms. The van der Waals surface area contributed by atoms with Gasteiger partial charge in [0, 0.05) is 12.6 Å². The lowest BCUT2D eigenvalue weighted by Gasteiger charge is -2.13. The van der Waals surface area contributed by atoms with Crippen molar-refractivity contribution >= 4 is 21.4 Å². The van der Waals surface area contributed by atoms with E-state index in [4.69, 9.17) is 0 Å². The summed E-state index contributed by atoms with van der Waals surface area (Å²) in [5, 5.41) is 7.10. The van der Waals surface area contributed by atoms with Crippen LogP contribution >= 0.6 is 11.3 Å². The number of thiophene rings is 1. The zero-order chi connectivity index (χ0) is 15.3. The van der Waals surface area contributed by atoms with Gasteiger partial charge in [0.05, 0.1) is 4.90 Å².